The number of benzene rings is 1. The summed E-state index contributed by atoms with van der Waals surface area (Å²) in [5, 5.41) is 22.8. The Hall–Kier alpha value is -2.87. The summed E-state index contributed by atoms with van der Waals surface area (Å²) >= 11 is 0. The molecule has 7 aliphatic rings. The molecule has 0 radical (unpaired) electrons. The molecular formula is C45H61NO6. The SMILES string of the molecule is CCCCCc1cccc(C2C3CC4C5C(=CCCN4C(C(O)C4C=CCC(C)C4)C3CC23CCCC3)OC(=C2OC(=O)C(CO)=C2OC)C5C)c1. The molecule has 7 nitrogen and oxygen atoms in total. The molecule has 0 amide bonds. The lowest BCUT2D eigenvalue weighted by molar-refractivity contribution is -0.133. The molecular weight excluding hydrogens is 650 g/mol. The molecule has 52 heavy (non-hydrogen) atoms. The molecule has 282 valence electrons. The Labute approximate surface area is 311 Å². The second-order valence-corrected chi connectivity index (χ2v) is 17.5. The number of methoxy groups -OCH3 is 1. The number of aliphatic hydroxyl groups excluding tert-OH is 2. The molecule has 4 heterocycles. The van der Waals surface area contributed by atoms with E-state index in [1.807, 2.05) is 0 Å². The fraction of sp³-hybridized carbons (Fsp3) is 0.667. The summed E-state index contributed by atoms with van der Waals surface area (Å²) in [6.45, 7) is 7.26. The molecule has 1 aromatic carbocycles. The number of aliphatic hydroxyl groups is 2. The zero-order valence-corrected chi connectivity index (χ0v) is 31.9. The van der Waals surface area contributed by atoms with Gasteiger partial charge in [-0.05, 0) is 104 Å². The van der Waals surface area contributed by atoms with Crippen molar-refractivity contribution in [3.8, 4) is 0 Å². The molecule has 2 saturated heterocycles. The van der Waals surface area contributed by atoms with E-state index >= 15 is 0 Å². The quantitative estimate of drug-likeness (QED) is 0.151. The normalized spacial score (nSPS) is 37.3. The van der Waals surface area contributed by atoms with Gasteiger partial charge in [0.25, 0.3) is 0 Å². The molecule has 1 spiro atoms. The molecule has 7 heteroatoms. The molecule has 10 unspecified atom stereocenters. The molecule has 0 aromatic heterocycles. The molecule has 2 N–H and O–H groups in total. The lowest BCUT2D eigenvalue weighted by atomic mass is 9.65. The van der Waals surface area contributed by atoms with Crippen molar-refractivity contribution in [3.63, 3.8) is 0 Å². The van der Waals surface area contributed by atoms with E-state index in [0.717, 1.165) is 44.4 Å². The van der Waals surface area contributed by atoms with Crippen LogP contribution < -0.4 is 0 Å². The van der Waals surface area contributed by atoms with E-state index in [2.05, 4.69) is 68.2 Å². The van der Waals surface area contributed by atoms with Crippen molar-refractivity contribution in [2.24, 2.45) is 40.9 Å². The van der Waals surface area contributed by atoms with Gasteiger partial charge in [0.05, 0.1) is 19.8 Å². The number of aryl methyl sites for hydroxylation is 1. The third-order valence-corrected chi connectivity index (χ3v) is 14.6. The lowest BCUT2D eigenvalue weighted by Crippen LogP contribution is -2.61. The van der Waals surface area contributed by atoms with Crippen LogP contribution in [0, 0.1) is 40.9 Å². The average molecular weight is 712 g/mol. The smallest absolute Gasteiger partial charge is 0.345 e. The monoisotopic (exact) mass is 711 g/mol. The fourth-order valence-corrected chi connectivity index (χ4v) is 12.4. The van der Waals surface area contributed by atoms with Crippen molar-refractivity contribution in [1.82, 2.24) is 4.90 Å². The van der Waals surface area contributed by atoms with Gasteiger partial charge in [0, 0.05) is 36.4 Å². The Kier molecular flexibility index (Phi) is 10.2. The van der Waals surface area contributed by atoms with Crippen LogP contribution in [0.1, 0.15) is 115 Å². The number of cyclic esters (lactones) is 1. The Balaban J connectivity index is 1.22. The van der Waals surface area contributed by atoms with Gasteiger partial charge in [0.1, 0.15) is 11.3 Å². The number of carbonyl (C=O) groups excluding carboxylic acids is 1. The Morgan fingerprint density at radius 1 is 1.10 bits per heavy atom. The first kappa shape index (κ1) is 36.1. The summed E-state index contributed by atoms with van der Waals surface area (Å²) < 4.78 is 18.2. The van der Waals surface area contributed by atoms with Crippen molar-refractivity contribution in [3.05, 3.63) is 82.2 Å². The summed E-state index contributed by atoms with van der Waals surface area (Å²) in [7, 11) is 1.51. The van der Waals surface area contributed by atoms with Gasteiger partial charge in [-0.1, -0.05) is 82.9 Å². The number of carbonyl (C=O) groups is 1. The van der Waals surface area contributed by atoms with E-state index < -0.39 is 18.7 Å². The molecule has 4 aliphatic heterocycles. The van der Waals surface area contributed by atoms with Crippen LogP contribution in [-0.4, -0.2) is 59.5 Å². The zero-order chi connectivity index (χ0) is 36.1. The maximum Gasteiger partial charge on any atom is 0.345 e. The first-order valence-corrected chi connectivity index (χ1v) is 20.7. The summed E-state index contributed by atoms with van der Waals surface area (Å²) in [6, 6.07) is 9.91. The van der Waals surface area contributed by atoms with Crippen LogP contribution in [0.4, 0.5) is 0 Å². The maximum atomic E-state index is 12.8. The van der Waals surface area contributed by atoms with Crippen LogP contribution in [0.15, 0.2) is 71.1 Å². The number of hydrogen-bond acceptors (Lipinski definition) is 7. The third-order valence-electron chi connectivity index (χ3n) is 14.6. The lowest BCUT2D eigenvalue weighted by Gasteiger charge is -2.53. The number of esters is 1. The highest BCUT2D eigenvalue weighted by Gasteiger charge is 2.63. The minimum Gasteiger partial charge on any atom is -0.492 e. The van der Waals surface area contributed by atoms with Gasteiger partial charge in [0.15, 0.2) is 11.5 Å². The number of nitrogens with zero attached hydrogens (tertiary/aromatic N) is 1. The summed E-state index contributed by atoms with van der Waals surface area (Å²) in [6.07, 6.45) is 21.8. The number of hydrogen-bond donors (Lipinski definition) is 2. The highest BCUT2D eigenvalue weighted by atomic mass is 16.6. The van der Waals surface area contributed by atoms with Crippen LogP contribution >= 0.6 is 0 Å². The molecule has 4 fully saturated rings. The molecule has 10 atom stereocenters. The van der Waals surface area contributed by atoms with Crippen molar-refractivity contribution in [2.45, 2.75) is 128 Å². The fourth-order valence-electron chi connectivity index (χ4n) is 12.4. The molecule has 0 bridgehead atoms. The Bertz CT molecular complexity index is 1630. The van der Waals surface area contributed by atoms with Crippen LogP contribution in [0.25, 0.3) is 0 Å². The molecule has 8 rings (SSSR count). The molecule has 1 aromatic rings. The van der Waals surface area contributed by atoms with E-state index in [9.17, 15) is 15.0 Å². The van der Waals surface area contributed by atoms with Gasteiger partial charge in [0.2, 0.25) is 5.76 Å². The van der Waals surface area contributed by atoms with Crippen LogP contribution in [0.5, 0.6) is 0 Å². The second-order valence-electron chi connectivity index (χ2n) is 17.5. The Morgan fingerprint density at radius 2 is 1.92 bits per heavy atom. The number of piperidine rings is 1. The number of ether oxygens (including phenoxy) is 3. The van der Waals surface area contributed by atoms with Crippen molar-refractivity contribution < 1.29 is 29.2 Å². The first-order chi connectivity index (χ1) is 25.3. The average Bonchev–Trinajstić information content (AvgIpc) is 3.88. The predicted octanol–water partition coefficient (Wildman–Crippen LogP) is 8.34. The highest BCUT2D eigenvalue weighted by molar-refractivity contribution is 5.94. The van der Waals surface area contributed by atoms with E-state index in [1.165, 1.54) is 69.6 Å². The number of fused-ring (bicyclic) bond motifs is 4. The molecule has 3 aliphatic carbocycles. The third kappa shape index (κ3) is 6.11. The number of unbranched alkanes of at least 4 members (excludes halogenated alkanes) is 2. The van der Waals surface area contributed by atoms with Gasteiger partial charge < -0.3 is 24.4 Å². The second kappa shape index (κ2) is 14.8. The number of allylic oxidation sites excluding steroid dienone is 2. The van der Waals surface area contributed by atoms with Crippen LogP contribution in [0.3, 0.4) is 0 Å². The minimum atomic E-state index is -0.577. The van der Waals surface area contributed by atoms with Crippen LogP contribution in [-0.2, 0) is 25.4 Å². The molecule has 2 saturated carbocycles. The van der Waals surface area contributed by atoms with Gasteiger partial charge >= 0.3 is 5.97 Å². The largest absolute Gasteiger partial charge is 0.492 e. The van der Waals surface area contributed by atoms with Crippen LogP contribution in [0.2, 0.25) is 0 Å². The summed E-state index contributed by atoms with van der Waals surface area (Å²) in [4.78, 5) is 15.5. The summed E-state index contributed by atoms with van der Waals surface area (Å²) in [5.41, 5.74) is 3.41. The van der Waals surface area contributed by atoms with E-state index in [4.69, 9.17) is 14.2 Å². The van der Waals surface area contributed by atoms with E-state index in [1.54, 1.807) is 0 Å². The first-order valence-electron chi connectivity index (χ1n) is 20.7. The van der Waals surface area contributed by atoms with Gasteiger partial charge in [-0.2, -0.15) is 0 Å². The Morgan fingerprint density at radius 3 is 2.67 bits per heavy atom. The van der Waals surface area contributed by atoms with Gasteiger partial charge in [-0.25, -0.2) is 4.79 Å². The standard InChI is InChI=1S/C45H61NO6/c1-5-6-7-14-29-15-11-16-30(23-29)38-32-24-35-37-28(3)41(43-42(50-4)34(26-47)44(49)52-43)51-36(37)18-12-21-46(35)39(33(32)25-45(38)19-8-9-20-45)40(48)31-17-10-13-27(2)22-31/h10-11,15-18,23,27-28,31-33,35,37-40,47-48H,5-9,12-14,19-22,24-26H2,1-4H3. The topological polar surface area (TPSA) is 88.5 Å². The minimum absolute atomic E-state index is 0.0533. The predicted molar refractivity (Wildman–Crippen MR) is 202 cm³/mol. The highest BCUT2D eigenvalue weighted by Crippen LogP contribution is 2.67. The maximum absolute atomic E-state index is 12.8. The van der Waals surface area contributed by atoms with E-state index in [-0.39, 0.29) is 46.6 Å². The zero-order valence-electron chi connectivity index (χ0n) is 31.9. The van der Waals surface area contributed by atoms with Crippen molar-refractivity contribution in [1.29, 1.82) is 0 Å². The van der Waals surface area contributed by atoms with Crippen molar-refractivity contribution in [2.75, 3.05) is 20.3 Å². The van der Waals surface area contributed by atoms with Gasteiger partial charge in [-0.3, -0.25) is 4.90 Å². The number of rotatable bonds is 9. The van der Waals surface area contributed by atoms with Gasteiger partial charge in [-0.15, -0.1) is 0 Å². The van der Waals surface area contributed by atoms with E-state index in [0.29, 0.717) is 35.2 Å². The summed E-state index contributed by atoms with van der Waals surface area (Å²) in [5.74, 6) is 3.63. The van der Waals surface area contributed by atoms with Crippen molar-refractivity contribution >= 4 is 5.97 Å².